The van der Waals surface area contributed by atoms with E-state index < -0.39 is 43.5 Å². The van der Waals surface area contributed by atoms with Crippen LogP contribution < -0.4 is 16.4 Å². The second-order valence-electron chi connectivity index (χ2n) is 9.51. The van der Waals surface area contributed by atoms with Crippen LogP contribution in [0, 0.1) is 5.41 Å². The molecule has 0 heterocycles. The molecule has 4 N–H and O–H groups in total. The van der Waals surface area contributed by atoms with Gasteiger partial charge < -0.3 is 16.4 Å². The number of nitrogens with one attached hydrogen (secondary N) is 2. The molecule has 0 aliphatic heterocycles. The average molecular weight is 390 g/mol. The molecule has 0 spiro atoms. The Kier molecular flexibility index (Phi) is 6.77. The van der Waals surface area contributed by atoms with Gasteiger partial charge in [0.2, 0.25) is 5.91 Å². The minimum Gasteiger partial charge on any atom is -0.368 e. The monoisotopic (exact) mass is 389 g/mol. The van der Waals surface area contributed by atoms with Crippen LogP contribution in [0.4, 0.5) is 4.79 Å². The number of amides is 3. The standard InChI is InChI=1S/C18H35N3O4S/c1-16(2,3)13(14(19)22)20-15(23)21-18(10-8-7-9-11-18)12-26(24,25)17(4,5)6/h13H,7-12H2,1-6H3,(H2,19,22)(H2,20,21,23)/t13-/m1/s1. The first-order valence-corrected chi connectivity index (χ1v) is 10.9. The van der Waals surface area contributed by atoms with Gasteiger partial charge >= 0.3 is 6.03 Å². The van der Waals surface area contributed by atoms with Crippen molar-refractivity contribution in [3.05, 3.63) is 0 Å². The zero-order chi connectivity index (χ0) is 20.4. The fourth-order valence-corrected chi connectivity index (χ4v) is 4.76. The van der Waals surface area contributed by atoms with Gasteiger partial charge in [-0.05, 0) is 39.0 Å². The van der Waals surface area contributed by atoms with Crippen LogP contribution in [0.3, 0.4) is 0 Å². The first-order chi connectivity index (χ1) is 11.6. The van der Waals surface area contributed by atoms with Gasteiger partial charge in [-0.3, -0.25) is 4.79 Å². The van der Waals surface area contributed by atoms with Gasteiger partial charge in [0.05, 0.1) is 16.0 Å². The maximum absolute atomic E-state index is 12.8. The molecule has 26 heavy (non-hydrogen) atoms. The van der Waals surface area contributed by atoms with Crippen molar-refractivity contribution >= 4 is 21.8 Å². The highest BCUT2D eigenvalue weighted by molar-refractivity contribution is 7.92. The predicted octanol–water partition coefficient (Wildman–Crippen LogP) is 2.10. The lowest BCUT2D eigenvalue weighted by atomic mass is 9.83. The van der Waals surface area contributed by atoms with Gasteiger partial charge in [-0.15, -0.1) is 0 Å². The number of hydrogen-bond acceptors (Lipinski definition) is 4. The van der Waals surface area contributed by atoms with Gasteiger partial charge in [0.1, 0.15) is 6.04 Å². The van der Waals surface area contributed by atoms with E-state index in [1.165, 1.54) is 0 Å². The zero-order valence-electron chi connectivity index (χ0n) is 16.9. The van der Waals surface area contributed by atoms with E-state index in [9.17, 15) is 18.0 Å². The molecule has 7 nitrogen and oxygen atoms in total. The van der Waals surface area contributed by atoms with Crippen molar-refractivity contribution in [1.29, 1.82) is 0 Å². The van der Waals surface area contributed by atoms with Gasteiger partial charge in [0.15, 0.2) is 9.84 Å². The molecule has 0 bridgehead atoms. The van der Waals surface area contributed by atoms with Crippen LogP contribution >= 0.6 is 0 Å². The molecule has 1 saturated carbocycles. The number of rotatable bonds is 5. The minimum absolute atomic E-state index is 0.103. The van der Waals surface area contributed by atoms with E-state index >= 15 is 0 Å². The summed E-state index contributed by atoms with van der Waals surface area (Å²) in [4.78, 5) is 24.3. The highest BCUT2D eigenvalue weighted by Gasteiger charge is 2.43. The van der Waals surface area contributed by atoms with E-state index in [1.807, 2.05) is 20.8 Å². The van der Waals surface area contributed by atoms with Crippen molar-refractivity contribution in [2.45, 2.75) is 90.0 Å². The number of primary amides is 1. The molecule has 1 fully saturated rings. The quantitative estimate of drug-likeness (QED) is 0.667. The second-order valence-corrected chi connectivity index (χ2v) is 12.3. The zero-order valence-corrected chi connectivity index (χ0v) is 17.8. The summed E-state index contributed by atoms with van der Waals surface area (Å²) in [6, 6.07) is -1.39. The Morgan fingerprint density at radius 2 is 1.54 bits per heavy atom. The van der Waals surface area contributed by atoms with Crippen molar-refractivity contribution in [3.63, 3.8) is 0 Å². The summed E-state index contributed by atoms with van der Waals surface area (Å²) in [5, 5.41) is 5.51. The van der Waals surface area contributed by atoms with E-state index in [-0.39, 0.29) is 5.75 Å². The highest BCUT2D eigenvalue weighted by atomic mass is 32.2. The smallest absolute Gasteiger partial charge is 0.315 e. The highest BCUT2D eigenvalue weighted by Crippen LogP contribution is 2.32. The Balaban J connectivity index is 3.01. The SMILES string of the molecule is CC(C)(C)[C@H](NC(=O)NC1(CS(=O)(=O)C(C)(C)C)CCCCC1)C(N)=O. The maximum Gasteiger partial charge on any atom is 0.315 e. The Bertz CT molecular complexity index is 624. The maximum atomic E-state index is 12.8. The second kappa shape index (κ2) is 7.74. The summed E-state index contributed by atoms with van der Waals surface area (Å²) >= 11 is 0. The predicted molar refractivity (Wildman–Crippen MR) is 103 cm³/mol. The number of sulfone groups is 1. The number of carbonyl (C=O) groups excluding carboxylic acids is 2. The molecule has 0 aromatic heterocycles. The number of carbonyl (C=O) groups is 2. The molecule has 1 atom stereocenters. The largest absolute Gasteiger partial charge is 0.368 e. The first-order valence-electron chi connectivity index (χ1n) is 9.20. The third kappa shape index (κ3) is 5.86. The molecule has 0 aromatic rings. The molecule has 0 aromatic carbocycles. The van der Waals surface area contributed by atoms with E-state index in [4.69, 9.17) is 5.73 Å². The van der Waals surface area contributed by atoms with Gasteiger partial charge in [-0.2, -0.15) is 0 Å². The molecular formula is C18H35N3O4S. The summed E-state index contributed by atoms with van der Waals surface area (Å²) in [5.74, 6) is -0.721. The lowest BCUT2D eigenvalue weighted by Gasteiger charge is -2.40. The Morgan fingerprint density at radius 1 is 1.04 bits per heavy atom. The Hall–Kier alpha value is -1.31. The van der Waals surface area contributed by atoms with Gasteiger partial charge in [0, 0.05) is 0 Å². The van der Waals surface area contributed by atoms with Crippen LogP contribution in [0.1, 0.15) is 73.6 Å². The van der Waals surface area contributed by atoms with Crippen molar-refractivity contribution < 1.29 is 18.0 Å². The fraction of sp³-hybridized carbons (Fsp3) is 0.889. The minimum atomic E-state index is -3.41. The van der Waals surface area contributed by atoms with Crippen LogP contribution in [-0.4, -0.2) is 42.4 Å². The van der Waals surface area contributed by atoms with Crippen LogP contribution in [0.15, 0.2) is 0 Å². The molecular weight excluding hydrogens is 354 g/mol. The van der Waals surface area contributed by atoms with Crippen LogP contribution in [0.25, 0.3) is 0 Å². The van der Waals surface area contributed by atoms with E-state index in [1.54, 1.807) is 20.8 Å². The molecule has 0 saturated heterocycles. The fourth-order valence-electron chi connectivity index (χ4n) is 3.24. The molecule has 1 aliphatic carbocycles. The molecule has 1 aliphatic rings. The first kappa shape index (κ1) is 22.7. The van der Waals surface area contributed by atoms with Crippen LogP contribution in [0.5, 0.6) is 0 Å². The molecule has 0 unspecified atom stereocenters. The Labute approximate surface area is 157 Å². The van der Waals surface area contributed by atoms with E-state index in [0.717, 1.165) is 19.3 Å². The summed E-state index contributed by atoms with van der Waals surface area (Å²) < 4.78 is 24.6. The molecule has 1 rings (SSSR count). The van der Waals surface area contributed by atoms with Gasteiger partial charge in [-0.1, -0.05) is 40.0 Å². The average Bonchev–Trinajstić information content (AvgIpc) is 2.42. The number of urea groups is 1. The Morgan fingerprint density at radius 3 is 1.92 bits per heavy atom. The van der Waals surface area contributed by atoms with Gasteiger partial charge in [-0.25, -0.2) is 13.2 Å². The van der Waals surface area contributed by atoms with Crippen molar-refractivity contribution in [3.8, 4) is 0 Å². The number of nitrogens with two attached hydrogens (primary N) is 1. The third-order valence-corrected chi connectivity index (χ3v) is 7.81. The summed E-state index contributed by atoms with van der Waals surface area (Å²) in [7, 11) is -3.41. The van der Waals surface area contributed by atoms with Crippen molar-refractivity contribution in [2.24, 2.45) is 11.1 Å². The van der Waals surface area contributed by atoms with Crippen LogP contribution in [0.2, 0.25) is 0 Å². The molecule has 0 radical (unpaired) electrons. The summed E-state index contributed by atoms with van der Waals surface area (Å²) in [6.07, 6.45) is 3.95. The van der Waals surface area contributed by atoms with Crippen molar-refractivity contribution in [1.82, 2.24) is 10.6 Å². The normalized spacial score (nSPS) is 19.5. The summed E-state index contributed by atoms with van der Waals surface area (Å²) in [6.45, 7) is 10.4. The van der Waals surface area contributed by atoms with Crippen LogP contribution in [-0.2, 0) is 14.6 Å². The topological polar surface area (TPSA) is 118 Å². The molecule has 152 valence electrons. The van der Waals surface area contributed by atoms with Crippen molar-refractivity contribution in [2.75, 3.05) is 5.75 Å². The van der Waals surface area contributed by atoms with E-state index in [0.29, 0.717) is 12.8 Å². The van der Waals surface area contributed by atoms with Gasteiger partial charge in [0.25, 0.3) is 0 Å². The summed E-state index contributed by atoms with van der Waals surface area (Å²) in [5.41, 5.74) is 4.07. The lowest BCUT2D eigenvalue weighted by Crippen LogP contribution is -2.62. The lowest BCUT2D eigenvalue weighted by molar-refractivity contribution is -0.122. The number of hydrogen-bond donors (Lipinski definition) is 3. The third-order valence-electron chi connectivity index (χ3n) is 5.01. The molecule has 3 amide bonds. The molecule has 8 heteroatoms. The van der Waals surface area contributed by atoms with E-state index in [2.05, 4.69) is 10.6 Å².